The van der Waals surface area contributed by atoms with Gasteiger partial charge in [0.1, 0.15) is 11.5 Å². The van der Waals surface area contributed by atoms with E-state index in [1.807, 2.05) is 73.8 Å². The summed E-state index contributed by atoms with van der Waals surface area (Å²) in [6, 6.07) is 35.7. The van der Waals surface area contributed by atoms with E-state index < -0.39 is 0 Å². The molecule has 47 heavy (non-hydrogen) atoms. The predicted molar refractivity (Wildman–Crippen MR) is 194 cm³/mol. The number of benzene rings is 2. The Morgan fingerprint density at radius 3 is 2.06 bits per heavy atom. The lowest BCUT2D eigenvalue weighted by Crippen LogP contribution is -2.13. The Morgan fingerprint density at radius 2 is 1.40 bits per heavy atom. The Labute approximate surface area is 276 Å². The van der Waals surface area contributed by atoms with Crippen molar-refractivity contribution in [2.75, 3.05) is 6.54 Å². The maximum absolute atomic E-state index is 7.29. The van der Waals surface area contributed by atoms with Crippen LogP contribution in [-0.4, -0.2) is 38.0 Å². The lowest BCUT2D eigenvalue weighted by atomic mass is 10.0. The number of para-hydroxylation sites is 1. The van der Waals surface area contributed by atoms with Gasteiger partial charge in [-0.05, 0) is 68.3 Å². The summed E-state index contributed by atoms with van der Waals surface area (Å²) < 4.78 is 0. The Hall–Kier alpha value is -5.86. The average molecular weight is 621 g/mol. The largest absolute Gasteiger partial charge is 0.382 e. The van der Waals surface area contributed by atoms with Crippen LogP contribution in [0.2, 0.25) is 0 Å². The number of fused-ring (bicyclic) bond motifs is 1. The van der Waals surface area contributed by atoms with E-state index in [1.54, 1.807) is 18.5 Å². The zero-order chi connectivity index (χ0) is 33.4. The highest BCUT2D eigenvalue weighted by atomic mass is 14.8. The number of aliphatic imine (C=N–C) groups is 1. The fourth-order valence-electron chi connectivity index (χ4n) is 4.57. The second kappa shape index (κ2) is 17.6. The van der Waals surface area contributed by atoms with Crippen LogP contribution in [0.4, 0.5) is 0 Å². The zero-order valence-electron chi connectivity index (χ0n) is 27.0. The molecule has 8 nitrogen and oxygen atoms in total. The number of amidine groups is 1. The van der Waals surface area contributed by atoms with Gasteiger partial charge in [-0.25, -0.2) is 4.98 Å². The number of nitrogen functional groups attached to an aromatic ring is 1. The van der Waals surface area contributed by atoms with Gasteiger partial charge in [-0.2, -0.15) is 0 Å². The van der Waals surface area contributed by atoms with Gasteiger partial charge in [0.05, 0.1) is 34.0 Å². The molecule has 6 rings (SSSR count). The van der Waals surface area contributed by atoms with Crippen LogP contribution in [-0.2, 0) is 0 Å². The number of aryl methyl sites for hydroxylation is 1. The predicted octanol–water partition coefficient (Wildman–Crippen LogP) is 7.78. The van der Waals surface area contributed by atoms with Crippen LogP contribution in [0.15, 0.2) is 145 Å². The van der Waals surface area contributed by atoms with E-state index in [9.17, 15) is 0 Å². The van der Waals surface area contributed by atoms with E-state index in [2.05, 4.69) is 87.3 Å². The molecule has 6 aromatic rings. The first-order valence-corrected chi connectivity index (χ1v) is 15.4. The third-order valence-electron chi connectivity index (χ3n) is 6.94. The van der Waals surface area contributed by atoms with Crippen LogP contribution < -0.4 is 11.5 Å². The summed E-state index contributed by atoms with van der Waals surface area (Å²) in [4.78, 5) is 21.6. The molecule has 5 N–H and O–H groups in total. The number of hydrogen-bond donors (Lipinski definition) is 3. The Morgan fingerprint density at radius 1 is 0.745 bits per heavy atom. The van der Waals surface area contributed by atoms with E-state index in [0.717, 1.165) is 40.4 Å². The van der Waals surface area contributed by atoms with Crippen molar-refractivity contribution in [1.82, 2.24) is 19.9 Å². The molecule has 0 saturated heterocycles. The van der Waals surface area contributed by atoms with Crippen LogP contribution in [0.3, 0.4) is 0 Å². The van der Waals surface area contributed by atoms with Crippen molar-refractivity contribution in [3.63, 3.8) is 0 Å². The molecule has 0 spiro atoms. The summed E-state index contributed by atoms with van der Waals surface area (Å²) in [5.41, 5.74) is 20.4. The van der Waals surface area contributed by atoms with Gasteiger partial charge in [0.2, 0.25) is 0 Å². The van der Waals surface area contributed by atoms with Gasteiger partial charge < -0.3 is 11.5 Å². The molecule has 236 valence electrons. The second-order valence-corrected chi connectivity index (χ2v) is 10.5. The first kappa shape index (κ1) is 34.0. The molecule has 0 bridgehead atoms. The van der Waals surface area contributed by atoms with Crippen molar-refractivity contribution in [3.05, 3.63) is 157 Å². The minimum absolute atomic E-state index is 0.0345. The van der Waals surface area contributed by atoms with E-state index in [-0.39, 0.29) is 5.84 Å². The molecule has 0 amide bonds. The molecule has 2 aromatic carbocycles. The lowest BCUT2D eigenvalue weighted by molar-refractivity contribution is 1.06. The van der Waals surface area contributed by atoms with Crippen molar-refractivity contribution in [2.45, 2.75) is 27.2 Å². The maximum Gasteiger partial charge on any atom is 0.141 e. The molecule has 4 aromatic heterocycles. The highest BCUT2D eigenvalue weighted by Crippen LogP contribution is 2.27. The van der Waals surface area contributed by atoms with Crippen LogP contribution in [0.25, 0.3) is 33.4 Å². The number of rotatable bonds is 7. The van der Waals surface area contributed by atoms with Crippen molar-refractivity contribution in [2.24, 2.45) is 16.5 Å². The molecule has 0 aliphatic rings. The number of nitrogens with one attached hydrogen (secondary N) is 1. The first-order valence-electron chi connectivity index (χ1n) is 15.4. The molecule has 0 fully saturated rings. The number of nitrogens with zero attached hydrogens (tertiary/aromatic N) is 5. The van der Waals surface area contributed by atoms with E-state index >= 15 is 0 Å². The van der Waals surface area contributed by atoms with Crippen LogP contribution in [0.1, 0.15) is 37.2 Å². The second-order valence-electron chi connectivity index (χ2n) is 10.5. The minimum Gasteiger partial charge on any atom is -0.382 e. The van der Waals surface area contributed by atoms with Gasteiger partial charge in [-0.1, -0.05) is 85.3 Å². The van der Waals surface area contributed by atoms with E-state index in [4.69, 9.17) is 16.9 Å². The number of pyridine rings is 4. The number of aromatic nitrogens is 4. The van der Waals surface area contributed by atoms with Crippen molar-refractivity contribution in [3.8, 4) is 22.5 Å². The van der Waals surface area contributed by atoms with Crippen molar-refractivity contribution < 1.29 is 0 Å². The quantitative estimate of drug-likeness (QED) is 0.123. The fraction of sp³-hybridized carbons (Fsp3) is 0.128. The smallest absolute Gasteiger partial charge is 0.141 e. The molecule has 0 saturated carbocycles. The van der Waals surface area contributed by atoms with Crippen LogP contribution in [0, 0.1) is 12.3 Å². The topological polar surface area (TPSA) is 140 Å². The summed E-state index contributed by atoms with van der Waals surface area (Å²) in [5.74, 6) is -0.0345. The summed E-state index contributed by atoms with van der Waals surface area (Å²) in [6.07, 6.45) is 8.30. The first-order chi connectivity index (χ1) is 22.9. The number of allylic oxidation sites excluding steroid dienone is 1. The van der Waals surface area contributed by atoms with Crippen LogP contribution in [0.5, 0.6) is 0 Å². The number of hydrogen-bond acceptors (Lipinski definition) is 7. The SMILES string of the molecule is CC/C=C(/CN)N=C(C)c1ccccn1.Cc1ccc(-c2cccc3cccnc23)cc1.N=C(N)c1cccc(-c2ccccn2)n1. The maximum atomic E-state index is 7.29. The summed E-state index contributed by atoms with van der Waals surface area (Å²) >= 11 is 0. The highest BCUT2D eigenvalue weighted by molar-refractivity contribution is 5.97. The molecule has 0 radical (unpaired) electrons. The molecular weight excluding hydrogens is 580 g/mol. The standard InChI is InChI=1S/C16H13N.C12H17N3.C11H10N4/c1-12-7-9-13(10-8-12)15-6-2-4-14-5-3-11-17-16(14)15;1-3-6-11(9-13)15-10(2)12-7-4-5-8-14-12;12-11(13)10-6-3-5-9(15-10)8-4-1-2-7-14-8/h2-11H,1H3;4-8H,3,9,13H2,1-2H3;1-7H,(H3,12,13)/b;11-6-,15-10?;. The Balaban J connectivity index is 0.000000160. The molecular formula is C39H40N8. The zero-order valence-corrected chi connectivity index (χ0v) is 27.0. The fourth-order valence-corrected chi connectivity index (χ4v) is 4.57. The molecule has 0 unspecified atom stereocenters. The highest BCUT2D eigenvalue weighted by Gasteiger charge is 2.04. The monoisotopic (exact) mass is 620 g/mol. The van der Waals surface area contributed by atoms with Gasteiger partial charge in [0, 0.05) is 36.1 Å². The molecule has 8 heteroatoms. The van der Waals surface area contributed by atoms with Gasteiger partial charge in [-0.15, -0.1) is 0 Å². The van der Waals surface area contributed by atoms with E-state index in [0.29, 0.717) is 12.2 Å². The van der Waals surface area contributed by atoms with Gasteiger partial charge >= 0.3 is 0 Å². The summed E-state index contributed by atoms with van der Waals surface area (Å²) in [6.45, 7) is 6.59. The Kier molecular flexibility index (Phi) is 12.7. The van der Waals surface area contributed by atoms with Crippen molar-refractivity contribution >= 4 is 22.5 Å². The molecule has 4 heterocycles. The summed E-state index contributed by atoms with van der Waals surface area (Å²) in [5, 5.41) is 8.48. The molecule has 0 aliphatic carbocycles. The number of nitrogens with two attached hydrogens (primary N) is 2. The van der Waals surface area contributed by atoms with E-state index in [1.165, 1.54) is 22.1 Å². The normalized spacial score (nSPS) is 11.1. The third kappa shape index (κ3) is 10.1. The molecule has 0 aliphatic heterocycles. The summed E-state index contributed by atoms with van der Waals surface area (Å²) in [7, 11) is 0. The van der Waals surface area contributed by atoms with Crippen LogP contribution >= 0.6 is 0 Å². The molecule has 0 atom stereocenters. The third-order valence-corrected chi connectivity index (χ3v) is 6.94. The van der Waals surface area contributed by atoms with Gasteiger partial charge in [-0.3, -0.25) is 25.4 Å². The lowest BCUT2D eigenvalue weighted by Gasteiger charge is -2.06. The Bertz CT molecular complexity index is 1930. The van der Waals surface area contributed by atoms with Crippen molar-refractivity contribution in [1.29, 1.82) is 5.41 Å². The average Bonchev–Trinajstić information content (AvgIpc) is 3.13. The minimum atomic E-state index is -0.0345. The van der Waals surface area contributed by atoms with Gasteiger partial charge in [0.25, 0.3) is 0 Å². The van der Waals surface area contributed by atoms with Gasteiger partial charge in [0.15, 0.2) is 0 Å².